The molecule has 3 rings (SSSR count). The molecule has 4 N–H and O–H groups in total. The van der Waals surface area contributed by atoms with Crippen LogP contribution >= 0.6 is 0 Å². The van der Waals surface area contributed by atoms with Gasteiger partial charge in [-0.15, -0.1) is 0 Å². The van der Waals surface area contributed by atoms with Crippen LogP contribution in [0.4, 0.5) is 0 Å². The number of nitrogens with zero attached hydrogens (tertiary/aromatic N) is 1. The first kappa shape index (κ1) is 11.5. The maximum atomic E-state index is 10.8. The third-order valence-corrected chi connectivity index (χ3v) is 2.93. The molecule has 0 radical (unpaired) electrons. The maximum Gasteiger partial charge on any atom is 0.328 e. The number of nitrogens with one attached hydrogen (secondary N) is 1. The molecular formula is C13H11N3O3. The minimum absolute atomic E-state index is 0.216. The number of carboxylic acids is 1. The number of furan rings is 1. The number of benzene rings is 1. The van der Waals surface area contributed by atoms with Gasteiger partial charge in [-0.25, -0.2) is 4.98 Å². The van der Waals surface area contributed by atoms with Gasteiger partial charge in [-0.2, -0.15) is 0 Å². The zero-order valence-electron chi connectivity index (χ0n) is 9.83. The number of para-hydroxylation sites is 1. The van der Waals surface area contributed by atoms with Crippen LogP contribution in [0.2, 0.25) is 0 Å². The van der Waals surface area contributed by atoms with E-state index in [1.807, 2.05) is 24.3 Å². The van der Waals surface area contributed by atoms with E-state index < -0.39 is 12.0 Å². The van der Waals surface area contributed by atoms with Gasteiger partial charge in [0, 0.05) is 10.9 Å². The lowest BCUT2D eigenvalue weighted by Crippen LogP contribution is -2.21. The second kappa shape index (κ2) is 4.25. The van der Waals surface area contributed by atoms with Crippen molar-refractivity contribution in [2.75, 3.05) is 0 Å². The van der Waals surface area contributed by atoms with Crippen LogP contribution in [0.3, 0.4) is 0 Å². The molecule has 6 nitrogen and oxygen atoms in total. The van der Waals surface area contributed by atoms with Crippen molar-refractivity contribution in [2.45, 2.75) is 6.04 Å². The van der Waals surface area contributed by atoms with E-state index in [1.54, 1.807) is 12.5 Å². The van der Waals surface area contributed by atoms with E-state index in [-0.39, 0.29) is 5.82 Å². The van der Waals surface area contributed by atoms with Crippen molar-refractivity contribution in [1.82, 2.24) is 9.97 Å². The molecule has 19 heavy (non-hydrogen) atoms. The van der Waals surface area contributed by atoms with Gasteiger partial charge in [0.15, 0.2) is 6.04 Å². The molecule has 2 aromatic heterocycles. The van der Waals surface area contributed by atoms with Crippen molar-refractivity contribution in [2.24, 2.45) is 5.73 Å². The summed E-state index contributed by atoms with van der Waals surface area (Å²) in [7, 11) is 0. The molecule has 0 saturated carbocycles. The van der Waals surface area contributed by atoms with E-state index >= 15 is 0 Å². The molecule has 3 aromatic rings. The highest BCUT2D eigenvalue weighted by Gasteiger charge is 2.19. The average molecular weight is 257 g/mol. The summed E-state index contributed by atoms with van der Waals surface area (Å²) in [6.45, 7) is 0. The summed E-state index contributed by atoms with van der Waals surface area (Å²) in [4.78, 5) is 17.7. The first-order valence-corrected chi connectivity index (χ1v) is 5.66. The number of aromatic amines is 1. The number of carboxylic acid groups (broad SMARTS) is 1. The Bertz CT molecular complexity index is 744. The number of aromatic nitrogens is 2. The van der Waals surface area contributed by atoms with Gasteiger partial charge in [0.25, 0.3) is 0 Å². The summed E-state index contributed by atoms with van der Waals surface area (Å²) in [5.41, 5.74) is 7.76. The van der Waals surface area contributed by atoms with Crippen LogP contribution in [0.15, 0.2) is 41.1 Å². The van der Waals surface area contributed by atoms with E-state index in [4.69, 9.17) is 15.3 Å². The topological polar surface area (TPSA) is 105 Å². The van der Waals surface area contributed by atoms with Crippen molar-refractivity contribution in [3.05, 3.63) is 42.5 Å². The average Bonchev–Trinajstić information content (AvgIpc) is 3.03. The van der Waals surface area contributed by atoms with Crippen molar-refractivity contribution in [1.29, 1.82) is 0 Å². The van der Waals surface area contributed by atoms with Gasteiger partial charge in [0.05, 0.1) is 11.9 Å². The smallest absolute Gasteiger partial charge is 0.328 e. The Kier molecular flexibility index (Phi) is 2.57. The van der Waals surface area contributed by atoms with E-state index in [2.05, 4.69) is 9.97 Å². The number of H-pyrrole nitrogens is 1. The molecule has 6 heteroatoms. The van der Waals surface area contributed by atoms with Crippen LogP contribution in [0.1, 0.15) is 11.9 Å². The second-order valence-corrected chi connectivity index (χ2v) is 4.14. The Hall–Kier alpha value is -2.60. The zero-order valence-corrected chi connectivity index (χ0v) is 9.83. The molecule has 0 aliphatic carbocycles. The third-order valence-electron chi connectivity index (χ3n) is 2.93. The van der Waals surface area contributed by atoms with Gasteiger partial charge >= 0.3 is 5.97 Å². The minimum atomic E-state index is -1.16. The Morgan fingerprint density at radius 2 is 2.21 bits per heavy atom. The molecule has 0 aliphatic rings. The van der Waals surface area contributed by atoms with Crippen LogP contribution in [0, 0.1) is 0 Å². The second-order valence-electron chi connectivity index (χ2n) is 4.14. The number of fused-ring (bicyclic) bond motifs is 1. The molecule has 0 fully saturated rings. The predicted octanol–water partition coefficient (Wildman–Crippen LogP) is 1.91. The third kappa shape index (κ3) is 1.88. The van der Waals surface area contributed by atoms with Gasteiger partial charge in [-0.3, -0.25) is 4.79 Å². The lowest BCUT2D eigenvalue weighted by molar-refractivity contribution is -0.138. The minimum Gasteiger partial charge on any atom is -0.480 e. The Morgan fingerprint density at radius 3 is 3.00 bits per heavy atom. The number of nitrogens with two attached hydrogens (primary N) is 1. The van der Waals surface area contributed by atoms with Crippen molar-refractivity contribution in [3.8, 4) is 11.3 Å². The fourth-order valence-corrected chi connectivity index (χ4v) is 1.93. The molecule has 96 valence electrons. The Labute approximate surface area is 107 Å². The molecule has 0 amide bonds. The number of imidazole rings is 1. The summed E-state index contributed by atoms with van der Waals surface area (Å²) < 4.78 is 5.43. The lowest BCUT2D eigenvalue weighted by atomic mass is 10.1. The molecule has 1 aromatic carbocycles. The molecule has 1 atom stereocenters. The predicted molar refractivity (Wildman–Crippen MR) is 68.4 cm³/mol. The van der Waals surface area contributed by atoms with E-state index in [0.717, 1.165) is 16.5 Å². The van der Waals surface area contributed by atoms with Crippen LogP contribution in [-0.4, -0.2) is 21.0 Å². The van der Waals surface area contributed by atoms with Crippen molar-refractivity contribution >= 4 is 16.9 Å². The molecule has 0 spiro atoms. The first-order chi connectivity index (χ1) is 9.16. The zero-order chi connectivity index (χ0) is 13.4. The van der Waals surface area contributed by atoms with Crippen molar-refractivity contribution in [3.63, 3.8) is 0 Å². The van der Waals surface area contributed by atoms with Crippen LogP contribution < -0.4 is 5.73 Å². The summed E-state index contributed by atoms with van der Waals surface area (Å²) in [6, 6.07) is 6.41. The highest BCUT2D eigenvalue weighted by Crippen LogP contribution is 2.29. The molecule has 1 unspecified atom stereocenters. The number of hydrogen-bond donors (Lipinski definition) is 3. The monoisotopic (exact) mass is 257 g/mol. The van der Waals surface area contributed by atoms with Crippen LogP contribution in [0.25, 0.3) is 22.2 Å². The Balaban J connectivity index is 2.05. The van der Waals surface area contributed by atoms with Gasteiger partial charge < -0.3 is 20.2 Å². The van der Waals surface area contributed by atoms with Gasteiger partial charge in [-0.1, -0.05) is 18.2 Å². The van der Waals surface area contributed by atoms with Crippen molar-refractivity contribution < 1.29 is 14.3 Å². The quantitative estimate of drug-likeness (QED) is 0.664. The fraction of sp³-hybridized carbons (Fsp3) is 0.0769. The maximum absolute atomic E-state index is 10.8. The number of hydrogen-bond acceptors (Lipinski definition) is 4. The van der Waals surface area contributed by atoms with Gasteiger partial charge in [0.2, 0.25) is 0 Å². The molecular weight excluding hydrogens is 246 g/mol. The number of rotatable bonds is 3. The van der Waals surface area contributed by atoms with Gasteiger partial charge in [0.1, 0.15) is 17.7 Å². The molecule has 0 saturated heterocycles. The first-order valence-electron chi connectivity index (χ1n) is 5.66. The van der Waals surface area contributed by atoms with E-state index in [1.165, 1.54) is 0 Å². The Morgan fingerprint density at radius 1 is 1.42 bits per heavy atom. The molecule has 0 bridgehead atoms. The largest absolute Gasteiger partial charge is 0.480 e. The lowest BCUT2D eigenvalue weighted by Gasteiger charge is -2.00. The SMILES string of the molecule is NC(C(=O)O)c1ncc(-c2coc3ccccc23)[nH]1. The molecule has 0 aliphatic heterocycles. The fourth-order valence-electron chi connectivity index (χ4n) is 1.93. The summed E-state index contributed by atoms with van der Waals surface area (Å²) in [5, 5.41) is 9.78. The van der Waals surface area contributed by atoms with Gasteiger partial charge in [-0.05, 0) is 6.07 Å². The van der Waals surface area contributed by atoms with Crippen LogP contribution in [-0.2, 0) is 4.79 Å². The summed E-state index contributed by atoms with van der Waals surface area (Å²) in [5.74, 6) is -0.911. The number of carbonyl (C=O) groups is 1. The highest BCUT2D eigenvalue weighted by atomic mass is 16.4. The standard InChI is InChI=1S/C13H11N3O3/c14-11(13(17)18)12-15-5-9(16-12)8-6-19-10-4-2-1-3-7(8)10/h1-6,11H,14H2,(H,15,16)(H,17,18). The molecule has 2 heterocycles. The number of aliphatic carboxylic acids is 1. The van der Waals surface area contributed by atoms with Crippen LogP contribution in [0.5, 0.6) is 0 Å². The summed E-state index contributed by atoms with van der Waals surface area (Å²) in [6.07, 6.45) is 3.16. The summed E-state index contributed by atoms with van der Waals surface area (Å²) >= 11 is 0. The van der Waals surface area contributed by atoms with E-state index in [0.29, 0.717) is 5.69 Å². The normalized spacial score (nSPS) is 12.7. The van der Waals surface area contributed by atoms with E-state index in [9.17, 15) is 4.79 Å². The highest BCUT2D eigenvalue weighted by molar-refractivity contribution is 5.92.